The number of amides is 1. The number of benzene rings is 3. The summed E-state index contributed by atoms with van der Waals surface area (Å²) < 4.78 is 27.1. The molecule has 3 aromatic rings. The van der Waals surface area contributed by atoms with Crippen LogP contribution in [0.4, 0.5) is 15.8 Å². The molecule has 260 valence electrons. The summed E-state index contributed by atoms with van der Waals surface area (Å²) >= 11 is 13.5. The molecule has 13 heteroatoms. The zero-order chi connectivity index (χ0) is 34.2. The molecule has 10 nitrogen and oxygen atoms in total. The largest absolute Gasteiger partial charge is 0.478 e. The topological polar surface area (TPSA) is 89.0 Å². The molecule has 0 atom stereocenters. The first-order chi connectivity index (χ1) is 23.7. The molecule has 0 aromatic heterocycles. The van der Waals surface area contributed by atoms with Gasteiger partial charge in [-0.3, -0.25) is 9.69 Å². The van der Waals surface area contributed by atoms with E-state index >= 15 is 4.39 Å². The predicted molar refractivity (Wildman–Crippen MR) is 188 cm³/mol. The van der Waals surface area contributed by atoms with Crippen LogP contribution in [0.1, 0.15) is 39.1 Å². The number of morpholine rings is 1. The Bertz CT molecular complexity index is 1720. The molecule has 49 heavy (non-hydrogen) atoms. The van der Waals surface area contributed by atoms with E-state index in [2.05, 4.69) is 21.7 Å². The lowest BCUT2D eigenvalue weighted by Crippen LogP contribution is -2.53. The normalized spacial score (nSPS) is 19.5. The Morgan fingerprint density at radius 2 is 1.57 bits per heavy atom. The molecule has 0 aliphatic carbocycles. The van der Waals surface area contributed by atoms with Crippen LogP contribution in [0.5, 0.6) is 5.75 Å². The quantitative estimate of drug-likeness (QED) is 0.354. The highest BCUT2D eigenvalue weighted by atomic mass is 35.5. The molecule has 0 bridgehead atoms. The molecule has 4 aliphatic rings. The van der Waals surface area contributed by atoms with Gasteiger partial charge in [0.2, 0.25) is 0 Å². The number of fused-ring (bicyclic) bond motifs is 1. The summed E-state index contributed by atoms with van der Waals surface area (Å²) in [5.74, 6) is -1.81. The Morgan fingerprint density at radius 3 is 2.24 bits per heavy atom. The average Bonchev–Trinajstić information content (AvgIpc) is 3.11. The number of aromatic carboxylic acids is 1. The summed E-state index contributed by atoms with van der Waals surface area (Å²) in [6.45, 7) is 7.92. The highest BCUT2D eigenvalue weighted by molar-refractivity contribution is 6.40. The van der Waals surface area contributed by atoms with Crippen molar-refractivity contribution in [1.29, 1.82) is 0 Å². The average molecular weight is 713 g/mol. The van der Waals surface area contributed by atoms with Crippen molar-refractivity contribution in [3.05, 3.63) is 75.0 Å². The fourth-order valence-electron chi connectivity index (χ4n) is 7.43. The van der Waals surface area contributed by atoms with Crippen LogP contribution in [0.25, 0.3) is 11.1 Å². The fourth-order valence-corrected chi connectivity index (χ4v) is 8.07. The number of piperidine rings is 1. The molecule has 3 fully saturated rings. The highest BCUT2D eigenvalue weighted by Gasteiger charge is 2.31. The molecule has 3 aromatic carbocycles. The van der Waals surface area contributed by atoms with Gasteiger partial charge in [0, 0.05) is 67.7 Å². The van der Waals surface area contributed by atoms with E-state index in [4.69, 9.17) is 32.7 Å². The number of carboxylic acids is 1. The minimum atomic E-state index is -1.21. The lowest BCUT2D eigenvalue weighted by Gasteiger charge is -2.43. The van der Waals surface area contributed by atoms with Crippen LogP contribution < -0.4 is 14.5 Å². The number of carbonyl (C=O) groups excluding carboxylic acids is 1. The maximum atomic E-state index is 15.5. The SMILES string of the molecule is CN1CCC(N2CCN(c3cc(Cl)c(C(=O)N4COc5c(cccc5-c5cc(N6CCOCC6)c(C(=O)O)cc5F)C4)c(Cl)c3)CC2)CC1. The lowest BCUT2D eigenvalue weighted by molar-refractivity contribution is 0.0516. The second kappa shape index (κ2) is 14.3. The molecule has 7 rings (SSSR count). The summed E-state index contributed by atoms with van der Waals surface area (Å²) in [7, 11) is 2.18. The Kier molecular flexibility index (Phi) is 9.90. The van der Waals surface area contributed by atoms with Gasteiger partial charge in [-0.05, 0) is 57.2 Å². The van der Waals surface area contributed by atoms with Crippen LogP contribution in [0.2, 0.25) is 10.0 Å². The first kappa shape index (κ1) is 33.9. The number of nitrogens with zero attached hydrogens (tertiary/aromatic N) is 5. The van der Waals surface area contributed by atoms with Crippen LogP contribution >= 0.6 is 23.2 Å². The summed E-state index contributed by atoms with van der Waals surface area (Å²) in [6.07, 6.45) is 2.40. The monoisotopic (exact) mass is 711 g/mol. The van der Waals surface area contributed by atoms with Crippen LogP contribution in [-0.4, -0.2) is 117 Å². The van der Waals surface area contributed by atoms with Crippen molar-refractivity contribution >= 4 is 46.5 Å². The number of anilines is 2. The summed E-state index contributed by atoms with van der Waals surface area (Å²) in [6, 6.07) is 12.2. The van der Waals surface area contributed by atoms with Crippen molar-refractivity contribution < 1.29 is 28.6 Å². The van der Waals surface area contributed by atoms with Crippen molar-refractivity contribution in [2.24, 2.45) is 0 Å². The van der Waals surface area contributed by atoms with Crippen molar-refractivity contribution in [3.63, 3.8) is 0 Å². The lowest BCUT2D eigenvalue weighted by atomic mass is 9.97. The third-order valence-corrected chi connectivity index (χ3v) is 10.8. The first-order valence-corrected chi connectivity index (χ1v) is 17.5. The number of carbonyl (C=O) groups is 2. The predicted octanol–water partition coefficient (Wildman–Crippen LogP) is 5.54. The zero-order valence-corrected chi connectivity index (χ0v) is 29.0. The molecule has 1 N–H and O–H groups in total. The molecular weight excluding hydrogens is 672 g/mol. The third kappa shape index (κ3) is 6.92. The summed E-state index contributed by atoms with van der Waals surface area (Å²) in [4.78, 5) is 36.5. The smallest absolute Gasteiger partial charge is 0.337 e. The molecule has 0 spiro atoms. The maximum Gasteiger partial charge on any atom is 0.337 e. The van der Waals surface area contributed by atoms with E-state index in [0.717, 1.165) is 51.0 Å². The van der Waals surface area contributed by atoms with Gasteiger partial charge in [-0.1, -0.05) is 41.4 Å². The molecular formula is C36H40Cl2FN5O5. The van der Waals surface area contributed by atoms with Gasteiger partial charge >= 0.3 is 5.97 Å². The van der Waals surface area contributed by atoms with Crippen LogP contribution in [0, 0.1) is 5.82 Å². The number of rotatable bonds is 6. The Balaban J connectivity index is 1.07. The fraction of sp³-hybridized carbons (Fsp3) is 0.444. The van der Waals surface area contributed by atoms with E-state index in [1.165, 1.54) is 17.7 Å². The summed E-state index contributed by atoms with van der Waals surface area (Å²) in [5.41, 5.74) is 2.79. The van der Waals surface area contributed by atoms with Crippen molar-refractivity contribution in [2.75, 3.05) is 89.2 Å². The van der Waals surface area contributed by atoms with E-state index in [9.17, 15) is 14.7 Å². The third-order valence-electron chi connectivity index (χ3n) is 10.2. The van der Waals surface area contributed by atoms with Gasteiger partial charge in [0.15, 0.2) is 6.73 Å². The van der Waals surface area contributed by atoms with E-state index in [-0.39, 0.29) is 45.9 Å². The van der Waals surface area contributed by atoms with E-state index in [0.29, 0.717) is 54.9 Å². The number of hydrogen-bond donors (Lipinski definition) is 1. The minimum absolute atomic E-state index is 0.0959. The van der Waals surface area contributed by atoms with E-state index < -0.39 is 11.8 Å². The molecule has 0 radical (unpaired) electrons. The first-order valence-electron chi connectivity index (χ1n) is 16.8. The van der Waals surface area contributed by atoms with Crippen molar-refractivity contribution in [2.45, 2.75) is 25.4 Å². The molecule has 3 saturated heterocycles. The van der Waals surface area contributed by atoms with Crippen LogP contribution in [-0.2, 0) is 11.3 Å². The number of hydrogen-bond acceptors (Lipinski definition) is 8. The minimum Gasteiger partial charge on any atom is -0.478 e. The number of piperazine rings is 1. The van der Waals surface area contributed by atoms with Gasteiger partial charge in [-0.25, -0.2) is 9.18 Å². The van der Waals surface area contributed by atoms with Gasteiger partial charge in [-0.15, -0.1) is 0 Å². The zero-order valence-electron chi connectivity index (χ0n) is 27.5. The van der Waals surface area contributed by atoms with Gasteiger partial charge in [-0.2, -0.15) is 0 Å². The van der Waals surface area contributed by atoms with Gasteiger partial charge in [0.05, 0.1) is 46.6 Å². The number of likely N-dealkylation sites (tertiary alicyclic amines) is 1. The van der Waals surface area contributed by atoms with Crippen molar-refractivity contribution in [1.82, 2.24) is 14.7 Å². The molecule has 4 heterocycles. The molecule has 0 unspecified atom stereocenters. The molecule has 4 aliphatic heterocycles. The second-order valence-corrected chi connectivity index (χ2v) is 14.0. The Hall–Kier alpha value is -3.61. The van der Waals surface area contributed by atoms with E-state index in [1.54, 1.807) is 18.2 Å². The second-order valence-electron chi connectivity index (χ2n) is 13.2. The van der Waals surface area contributed by atoms with Crippen LogP contribution in [0.15, 0.2) is 42.5 Å². The number of para-hydroxylation sites is 1. The maximum absolute atomic E-state index is 15.5. The molecule has 0 saturated carbocycles. The number of ether oxygens (including phenoxy) is 2. The number of carboxylic acid groups (broad SMARTS) is 1. The van der Waals surface area contributed by atoms with Gasteiger partial charge < -0.3 is 34.2 Å². The molecule has 1 amide bonds. The standard InChI is InChI=1S/C36H40Cl2FN5O5/c1-40-7-5-24(6-8-40)41-9-11-42(12-10-41)25-17-29(37)33(30(38)18-25)35(45)44-21-23-3-2-4-26(34(23)49-22-44)27-20-32(43-13-15-48-16-14-43)28(36(46)47)19-31(27)39/h2-4,17-20,24H,5-16,21-22H2,1H3,(H,46,47). The highest BCUT2D eigenvalue weighted by Crippen LogP contribution is 2.41. The Morgan fingerprint density at radius 1 is 0.878 bits per heavy atom. The number of halogens is 3. The van der Waals surface area contributed by atoms with Crippen LogP contribution in [0.3, 0.4) is 0 Å². The van der Waals surface area contributed by atoms with Gasteiger partial charge in [0.25, 0.3) is 5.91 Å². The van der Waals surface area contributed by atoms with Crippen molar-refractivity contribution in [3.8, 4) is 16.9 Å². The Labute approximate surface area is 295 Å². The van der Waals surface area contributed by atoms with E-state index in [1.807, 2.05) is 23.1 Å². The van der Waals surface area contributed by atoms with Gasteiger partial charge in [0.1, 0.15) is 11.6 Å². The summed E-state index contributed by atoms with van der Waals surface area (Å²) in [5, 5.41) is 10.4.